The topological polar surface area (TPSA) is 50.4 Å². The second-order valence-electron chi connectivity index (χ2n) is 4.47. The molecule has 19 heavy (non-hydrogen) atoms. The van der Waals surface area contributed by atoms with Crippen LogP contribution in [0.1, 0.15) is 18.5 Å². The predicted molar refractivity (Wildman–Crippen MR) is 75.6 cm³/mol. The molecule has 1 fully saturated rings. The van der Waals surface area contributed by atoms with E-state index < -0.39 is 6.10 Å². The number of hydrogen-bond donors (Lipinski definition) is 2. The Bertz CT molecular complexity index is 462. The maximum atomic E-state index is 12.0. The van der Waals surface area contributed by atoms with E-state index in [1.165, 1.54) is 0 Å². The molecule has 1 heterocycles. The SMILES string of the molecule is CC(NC(=O)C1CNCCO1)c1ccc(Cl)c(Cl)c1. The van der Waals surface area contributed by atoms with Gasteiger partial charge in [-0.3, -0.25) is 4.79 Å². The predicted octanol–water partition coefficient (Wildman–Crippen LogP) is 2.16. The van der Waals surface area contributed by atoms with Crippen LogP contribution in [0, 0.1) is 0 Å². The van der Waals surface area contributed by atoms with Gasteiger partial charge >= 0.3 is 0 Å². The maximum Gasteiger partial charge on any atom is 0.250 e. The van der Waals surface area contributed by atoms with Gasteiger partial charge < -0.3 is 15.4 Å². The first-order valence-corrected chi connectivity index (χ1v) is 6.91. The minimum Gasteiger partial charge on any atom is -0.366 e. The average molecular weight is 303 g/mol. The van der Waals surface area contributed by atoms with Crippen molar-refractivity contribution in [2.75, 3.05) is 19.7 Å². The van der Waals surface area contributed by atoms with E-state index in [-0.39, 0.29) is 11.9 Å². The summed E-state index contributed by atoms with van der Waals surface area (Å²) in [6, 6.07) is 5.18. The van der Waals surface area contributed by atoms with Crippen molar-refractivity contribution in [2.45, 2.75) is 19.1 Å². The molecule has 1 aliphatic heterocycles. The van der Waals surface area contributed by atoms with Crippen molar-refractivity contribution in [3.63, 3.8) is 0 Å². The van der Waals surface area contributed by atoms with Crippen LogP contribution in [0.4, 0.5) is 0 Å². The van der Waals surface area contributed by atoms with Gasteiger partial charge in [0.1, 0.15) is 6.10 Å². The highest BCUT2D eigenvalue weighted by atomic mass is 35.5. The fourth-order valence-electron chi connectivity index (χ4n) is 1.91. The summed E-state index contributed by atoms with van der Waals surface area (Å²) < 4.78 is 5.40. The molecule has 1 saturated heterocycles. The lowest BCUT2D eigenvalue weighted by Crippen LogP contribution is -2.48. The van der Waals surface area contributed by atoms with Gasteiger partial charge in [0.05, 0.1) is 22.7 Å². The molecular weight excluding hydrogens is 287 g/mol. The summed E-state index contributed by atoms with van der Waals surface area (Å²) in [6.45, 7) is 3.78. The van der Waals surface area contributed by atoms with Crippen molar-refractivity contribution in [3.8, 4) is 0 Å². The van der Waals surface area contributed by atoms with Crippen LogP contribution in [-0.4, -0.2) is 31.7 Å². The summed E-state index contributed by atoms with van der Waals surface area (Å²) in [4.78, 5) is 12.0. The molecule has 1 aliphatic rings. The maximum absolute atomic E-state index is 12.0. The number of hydrogen-bond acceptors (Lipinski definition) is 3. The normalized spacial score (nSPS) is 20.9. The Morgan fingerprint density at radius 2 is 2.26 bits per heavy atom. The van der Waals surface area contributed by atoms with Gasteiger partial charge in [0.25, 0.3) is 5.91 Å². The van der Waals surface area contributed by atoms with Gasteiger partial charge in [0.2, 0.25) is 0 Å². The number of morpholine rings is 1. The fourth-order valence-corrected chi connectivity index (χ4v) is 2.21. The molecule has 4 nitrogen and oxygen atoms in total. The molecule has 6 heteroatoms. The van der Waals surface area contributed by atoms with E-state index in [0.717, 1.165) is 12.1 Å². The van der Waals surface area contributed by atoms with Crippen LogP contribution >= 0.6 is 23.2 Å². The molecule has 1 amide bonds. The van der Waals surface area contributed by atoms with Crippen molar-refractivity contribution >= 4 is 29.1 Å². The third-order valence-corrected chi connectivity index (χ3v) is 3.76. The lowest BCUT2D eigenvalue weighted by Gasteiger charge is -2.24. The van der Waals surface area contributed by atoms with Gasteiger partial charge in [-0.1, -0.05) is 29.3 Å². The summed E-state index contributed by atoms with van der Waals surface area (Å²) in [5.74, 6) is -0.120. The highest BCUT2D eigenvalue weighted by Gasteiger charge is 2.23. The first-order chi connectivity index (χ1) is 9.08. The smallest absolute Gasteiger partial charge is 0.250 e. The fraction of sp³-hybridized carbons (Fsp3) is 0.462. The Labute approximate surface area is 122 Å². The molecule has 0 aromatic heterocycles. The number of ether oxygens (including phenoxy) is 1. The summed E-state index contributed by atoms with van der Waals surface area (Å²) in [7, 11) is 0. The van der Waals surface area contributed by atoms with Crippen LogP contribution < -0.4 is 10.6 Å². The van der Waals surface area contributed by atoms with Gasteiger partial charge in [0.15, 0.2) is 0 Å². The molecule has 0 saturated carbocycles. The standard InChI is InChI=1S/C13H16Cl2N2O2/c1-8(9-2-3-10(14)11(15)6-9)17-13(18)12-7-16-4-5-19-12/h2-3,6,8,12,16H,4-5,7H2,1H3,(H,17,18). The zero-order valence-corrected chi connectivity index (χ0v) is 12.1. The van der Waals surface area contributed by atoms with Crippen molar-refractivity contribution in [2.24, 2.45) is 0 Å². The van der Waals surface area contributed by atoms with E-state index in [1.807, 2.05) is 13.0 Å². The molecule has 0 spiro atoms. The van der Waals surface area contributed by atoms with E-state index in [2.05, 4.69) is 10.6 Å². The van der Waals surface area contributed by atoms with Crippen molar-refractivity contribution in [1.82, 2.24) is 10.6 Å². The molecule has 2 atom stereocenters. The average Bonchev–Trinajstić information content (AvgIpc) is 2.42. The van der Waals surface area contributed by atoms with Gasteiger partial charge in [0, 0.05) is 13.1 Å². The molecule has 1 aromatic carbocycles. The Balaban J connectivity index is 1.97. The first-order valence-electron chi connectivity index (χ1n) is 6.15. The summed E-state index contributed by atoms with van der Waals surface area (Å²) in [5, 5.41) is 7.01. The van der Waals surface area contributed by atoms with Crippen LogP contribution in [0.2, 0.25) is 10.0 Å². The first kappa shape index (κ1) is 14.6. The second kappa shape index (κ2) is 6.57. The molecule has 0 radical (unpaired) electrons. The monoisotopic (exact) mass is 302 g/mol. The number of halogens is 2. The minimum absolute atomic E-state index is 0.120. The Morgan fingerprint density at radius 3 is 2.89 bits per heavy atom. The largest absolute Gasteiger partial charge is 0.366 e. The van der Waals surface area contributed by atoms with Crippen LogP contribution in [0.5, 0.6) is 0 Å². The highest BCUT2D eigenvalue weighted by Crippen LogP contribution is 2.25. The summed E-state index contributed by atoms with van der Waals surface area (Å²) >= 11 is 11.8. The zero-order valence-electron chi connectivity index (χ0n) is 10.6. The third kappa shape index (κ3) is 3.83. The summed E-state index contributed by atoms with van der Waals surface area (Å²) in [5.41, 5.74) is 0.909. The Kier molecular flexibility index (Phi) is 5.05. The quantitative estimate of drug-likeness (QED) is 0.899. The van der Waals surface area contributed by atoms with Crippen LogP contribution in [0.3, 0.4) is 0 Å². The molecule has 0 bridgehead atoms. The highest BCUT2D eigenvalue weighted by molar-refractivity contribution is 6.42. The van der Waals surface area contributed by atoms with Crippen molar-refractivity contribution in [1.29, 1.82) is 0 Å². The van der Waals surface area contributed by atoms with E-state index in [0.29, 0.717) is 23.2 Å². The van der Waals surface area contributed by atoms with E-state index >= 15 is 0 Å². The van der Waals surface area contributed by atoms with E-state index in [1.54, 1.807) is 12.1 Å². The summed E-state index contributed by atoms with van der Waals surface area (Å²) in [6.07, 6.45) is -0.432. The number of benzene rings is 1. The van der Waals surface area contributed by atoms with Crippen molar-refractivity contribution < 1.29 is 9.53 Å². The van der Waals surface area contributed by atoms with Crippen molar-refractivity contribution in [3.05, 3.63) is 33.8 Å². The minimum atomic E-state index is -0.432. The lowest BCUT2D eigenvalue weighted by atomic mass is 10.1. The number of carbonyl (C=O) groups is 1. The van der Waals surface area contributed by atoms with Gasteiger partial charge in [-0.05, 0) is 24.6 Å². The third-order valence-electron chi connectivity index (χ3n) is 3.02. The molecule has 2 unspecified atom stereocenters. The molecule has 2 rings (SSSR count). The second-order valence-corrected chi connectivity index (χ2v) is 5.28. The van der Waals surface area contributed by atoms with E-state index in [4.69, 9.17) is 27.9 Å². The number of nitrogens with one attached hydrogen (secondary N) is 2. The molecule has 0 aliphatic carbocycles. The Hall–Kier alpha value is -0.810. The van der Waals surface area contributed by atoms with Gasteiger partial charge in [-0.25, -0.2) is 0 Å². The van der Waals surface area contributed by atoms with Crippen LogP contribution in [-0.2, 0) is 9.53 Å². The molecule has 1 aromatic rings. The van der Waals surface area contributed by atoms with E-state index in [9.17, 15) is 4.79 Å². The number of amides is 1. The van der Waals surface area contributed by atoms with Crippen LogP contribution in [0.15, 0.2) is 18.2 Å². The Morgan fingerprint density at radius 1 is 1.47 bits per heavy atom. The molecular formula is C13H16Cl2N2O2. The van der Waals surface area contributed by atoms with Crippen LogP contribution in [0.25, 0.3) is 0 Å². The molecule has 104 valence electrons. The number of carbonyl (C=O) groups excluding carboxylic acids is 1. The lowest BCUT2D eigenvalue weighted by molar-refractivity contribution is -0.134. The molecule has 2 N–H and O–H groups in total. The van der Waals surface area contributed by atoms with Gasteiger partial charge in [-0.2, -0.15) is 0 Å². The van der Waals surface area contributed by atoms with Gasteiger partial charge in [-0.15, -0.1) is 0 Å². The number of rotatable bonds is 3. The zero-order chi connectivity index (χ0) is 13.8.